The predicted octanol–water partition coefficient (Wildman–Crippen LogP) is 1.18. The third-order valence-electron chi connectivity index (χ3n) is 2.84. The summed E-state index contributed by atoms with van der Waals surface area (Å²) in [5.41, 5.74) is 7.36. The first-order chi connectivity index (χ1) is 10.1. The van der Waals surface area contributed by atoms with E-state index >= 15 is 0 Å². The Hall–Kier alpha value is -2.89. The summed E-state index contributed by atoms with van der Waals surface area (Å²) < 4.78 is 0. The number of urea groups is 1. The molecule has 0 atom stereocenters. The molecule has 4 N–H and O–H groups in total. The van der Waals surface area contributed by atoms with E-state index in [1.54, 1.807) is 30.6 Å². The van der Waals surface area contributed by atoms with Crippen molar-refractivity contribution in [3.05, 3.63) is 65.5 Å². The van der Waals surface area contributed by atoms with Crippen LogP contribution in [0.1, 0.15) is 21.5 Å². The molecule has 0 aliphatic heterocycles. The van der Waals surface area contributed by atoms with Crippen molar-refractivity contribution in [1.82, 2.24) is 15.6 Å². The molecule has 0 radical (unpaired) electrons. The smallest absolute Gasteiger partial charge is 0.315 e. The highest BCUT2D eigenvalue weighted by Gasteiger charge is 2.03. The molecule has 108 valence electrons. The van der Waals surface area contributed by atoms with Gasteiger partial charge in [-0.25, -0.2) is 4.79 Å². The van der Waals surface area contributed by atoms with Crippen molar-refractivity contribution in [2.75, 3.05) is 0 Å². The van der Waals surface area contributed by atoms with Gasteiger partial charge in [-0.05, 0) is 29.3 Å². The molecular formula is C15H16N4O2. The first-order valence-corrected chi connectivity index (χ1v) is 6.44. The van der Waals surface area contributed by atoms with Gasteiger partial charge in [0.15, 0.2) is 0 Å². The average molecular weight is 284 g/mol. The van der Waals surface area contributed by atoms with Gasteiger partial charge in [-0.15, -0.1) is 0 Å². The van der Waals surface area contributed by atoms with E-state index in [0.717, 1.165) is 11.1 Å². The maximum atomic E-state index is 11.7. The molecule has 1 heterocycles. The first kappa shape index (κ1) is 14.5. The number of primary amides is 1. The van der Waals surface area contributed by atoms with Gasteiger partial charge in [-0.3, -0.25) is 9.78 Å². The lowest BCUT2D eigenvalue weighted by Gasteiger charge is -2.08. The van der Waals surface area contributed by atoms with Gasteiger partial charge in [0.2, 0.25) is 5.91 Å². The Morgan fingerprint density at radius 3 is 2.43 bits per heavy atom. The summed E-state index contributed by atoms with van der Waals surface area (Å²) in [4.78, 5) is 26.7. The lowest BCUT2D eigenvalue weighted by Crippen LogP contribution is -2.34. The van der Waals surface area contributed by atoms with E-state index in [1.165, 1.54) is 0 Å². The Balaban J connectivity index is 1.81. The number of hydrogen-bond donors (Lipinski definition) is 3. The predicted molar refractivity (Wildman–Crippen MR) is 78.3 cm³/mol. The lowest BCUT2D eigenvalue weighted by atomic mass is 10.1. The van der Waals surface area contributed by atoms with E-state index in [0.29, 0.717) is 18.7 Å². The molecule has 6 heteroatoms. The van der Waals surface area contributed by atoms with Gasteiger partial charge in [0.05, 0.1) is 0 Å². The van der Waals surface area contributed by atoms with Crippen LogP contribution in [0.4, 0.5) is 4.79 Å². The number of nitrogens with zero attached hydrogens (tertiary/aromatic N) is 1. The minimum absolute atomic E-state index is 0.289. The zero-order valence-electron chi connectivity index (χ0n) is 11.4. The van der Waals surface area contributed by atoms with Crippen LogP contribution >= 0.6 is 0 Å². The minimum atomic E-state index is -0.488. The zero-order valence-corrected chi connectivity index (χ0v) is 11.4. The Bertz CT molecular complexity index is 629. The van der Waals surface area contributed by atoms with Gasteiger partial charge in [0.25, 0.3) is 0 Å². The van der Waals surface area contributed by atoms with Gasteiger partial charge >= 0.3 is 6.03 Å². The van der Waals surface area contributed by atoms with Crippen molar-refractivity contribution >= 4 is 11.9 Å². The normalized spacial score (nSPS) is 9.90. The van der Waals surface area contributed by atoms with Gasteiger partial charge in [-0.1, -0.05) is 18.2 Å². The molecule has 0 spiro atoms. The molecule has 2 aromatic rings. The summed E-state index contributed by atoms with van der Waals surface area (Å²) in [6.45, 7) is 0.723. The second-order valence-electron chi connectivity index (χ2n) is 4.46. The molecule has 0 saturated carbocycles. The summed E-state index contributed by atoms with van der Waals surface area (Å²) >= 11 is 0. The van der Waals surface area contributed by atoms with Gasteiger partial charge in [-0.2, -0.15) is 0 Å². The van der Waals surface area contributed by atoms with Crippen LogP contribution in [0, 0.1) is 0 Å². The third kappa shape index (κ3) is 4.61. The number of hydrogen-bond acceptors (Lipinski definition) is 3. The van der Waals surface area contributed by atoms with Crippen LogP contribution in [-0.2, 0) is 13.1 Å². The van der Waals surface area contributed by atoms with Gasteiger partial charge in [0.1, 0.15) is 0 Å². The minimum Gasteiger partial charge on any atom is -0.366 e. The molecule has 0 unspecified atom stereocenters. The maximum absolute atomic E-state index is 11.7. The van der Waals surface area contributed by atoms with E-state index in [-0.39, 0.29) is 6.03 Å². The van der Waals surface area contributed by atoms with E-state index in [2.05, 4.69) is 15.6 Å². The van der Waals surface area contributed by atoms with Crippen LogP contribution in [0.2, 0.25) is 0 Å². The largest absolute Gasteiger partial charge is 0.366 e. The quantitative estimate of drug-likeness (QED) is 0.769. The number of nitrogens with two attached hydrogens (primary N) is 1. The molecule has 1 aromatic carbocycles. The van der Waals surface area contributed by atoms with E-state index in [9.17, 15) is 9.59 Å². The van der Waals surface area contributed by atoms with E-state index < -0.39 is 5.91 Å². The number of aromatic nitrogens is 1. The van der Waals surface area contributed by atoms with Gasteiger partial charge < -0.3 is 16.4 Å². The zero-order chi connectivity index (χ0) is 15.1. The monoisotopic (exact) mass is 284 g/mol. The van der Waals surface area contributed by atoms with Crippen LogP contribution in [0.5, 0.6) is 0 Å². The average Bonchev–Trinajstić information content (AvgIpc) is 2.52. The standard InChI is InChI=1S/C15H16N4O2/c16-14(20)13-5-1-3-11(7-13)9-18-15(21)19-10-12-4-2-6-17-8-12/h1-8H,9-10H2,(H2,16,20)(H2,18,19,21). The van der Waals surface area contributed by atoms with Crippen molar-refractivity contribution in [1.29, 1.82) is 0 Å². The van der Waals surface area contributed by atoms with Crippen molar-refractivity contribution in [3.8, 4) is 0 Å². The maximum Gasteiger partial charge on any atom is 0.315 e. The number of rotatable bonds is 5. The number of benzene rings is 1. The van der Waals surface area contributed by atoms with Crippen LogP contribution in [0.25, 0.3) is 0 Å². The lowest BCUT2D eigenvalue weighted by molar-refractivity contribution is 0.1000. The Morgan fingerprint density at radius 1 is 1.05 bits per heavy atom. The topological polar surface area (TPSA) is 97.1 Å². The Kier molecular flexibility index (Phi) is 4.87. The number of pyridine rings is 1. The highest BCUT2D eigenvalue weighted by Crippen LogP contribution is 2.04. The molecule has 0 bridgehead atoms. The summed E-state index contributed by atoms with van der Waals surface area (Å²) in [5.74, 6) is -0.488. The molecular weight excluding hydrogens is 268 g/mol. The molecule has 0 fully saturated rings. The summed E-state index contributed by atoms with van der Waals surface area (Å²) in [7, 11) is 0. The van der Waals surface area contributed by atoms with Crippen LogP contribution < -0.4 is 16.4 Å². The van der Waals surface area contributed by atoms with Crippen molar-refractivity contribution < 1.29 is 9.59 Å². The molecule has 0 saturated heterocycles. The highest BCUT2D eigenvalue weighted by atomic mass is 16.2. The number of carbonyl (C=O) groups excluding carboxylic acids is 2. The fourth-order valence-electron chi connectivity index (χ4n) is 1.76. The van der Waals surface area contributed by atoms with Crippen molar-refractivity contribution in [2.45, 2.75) is 13.1 Å². The fraction of sp³-hybridized carbons (Fsp3) is 0.133. The van der Waals surface area contributed by atoms with Crippen LogP contribution in [0.3, 0.4) is 0 Å². The SMILES string of the molecule is NC(=O)c1cccc(CNC(=O)NCc2cccnc2)c1. The molecule has 0 aliphatic carbocycles. The van der Waals surface area contributed by atoms with E-state index in [4.69, 9.17) is 5.73 Å². The number of amides is 3. The van der Waals surface area contributed by atoms with Gasteiger partial charge in [0, 0.05) is 31.0 Å². The highest BCUT2D eigenvalue weighted by molar-refractivity contribution is 5.92. The molecule has 3 amide bonds. The molecule has 1 aromatic heterocycles. The second-order valence-corrected chi connectivity index (χ2v) is 4.46. The number of nitrogens with one attached hydrogen (secondary N) is 2. The first-order valence-electron chi connectivity index (χ1n) is 6.44. The summed E-state index contributed by atoms with van der Waals surface area (Å²) in [5, 5.41) is 5.44. The van der Waals surface area contributed by atoms with E-state index in [1.807, 2.05) is 18.2 Å². The fourth-order valence-corrected chi connectivity index (χ4v) is 1.76. The van der Waals surface area contributed by atoms with Crippen LogP contribution in [0.15, 0.2) is 48.8 Å². The van der Waals surface area contributed by atoms with Crippen molar-refractivity contribution in [3.63, 3.8) is 0 Å². The Morgan fingerprint density at radius 2 is 1.76 bits per heavy atom. The molecule has 2 rings (SSSR count). The Labute approximate surface area is 122 Å². The molecule has 0 aliphatic rings. The van der Waals surface area contributed by atoms with Crippen LogP contribution in [-0.4, -0.2) is 16.9 Å². The summed E-state index contributed by atoms with van der Waals surface area (Å²) in [6.07, 6.45) is 3.37. The van der Waals surface area contributed by atoms with Crippen molar-refractivity contribution in [2.24, 2.45) is 5.73 Å². The third-order valence-corrected chi connectivity index (χ3v) is 2.84. The molecule has 21 heavy (non-hydrogen) atoms. The number of carbonyl (C=O) groups is 2. The summed E-state index contributed by atoms with van der Waals surface area (Å²) in [6, 6.07) is 10.2. The molecule has 6 nitrogen and oxygen atoms in total. The second kappa shape index (κ2) is 7.04.